The lowest BCUT2D eigenvalue weighted by Crippen LogP contribution is -2.23. The van der Waals surface area contributed by atoms with Crippen molar-refractivity contribution in [1.29, 1.82) is 0 Å². The summed E-state index contributed by atoms with van der Waals surface area (Å²) in [5.41, 5.74) is 10.5. The third-order valence-electron chi connectivity index (χ3n) is 3.60. The summed E-state index contributed by atoms with van der Waals surface area (Å²) in [6, 6.07) is 14.4. The minimum absolute atomic E-state index is 0.540. The molecule has 2 aromatic rings. The minimum Gasteiger partial charge on any atom is -0.493 e. The van der Waals surface area contributed by atoms with Gasteiger partial charge < -0.3 is 10.5 Å². The smallest absolute Gasteiger partial charge is 0.122 e. The Bertz CT molecular complexity index is 577. The van der Waals surface area contributed by atoms with Gasteiger partial charge >= 0.3 is 0 Å². The van der Waals surface area contributed by atoms with Crippen molar-refractivity contribution in [2.45, 2.75) is 19.3 Å². The second-order valence-corrected chi connectivity index (χ2v) is 4.94. The van der Waals surface area contributed by atoms with E-state index in [2.05, 4.69) is 24.3 Å². The SMILES string of the molecule is Cc1cc(N)ccc1OCC1Cc2ccccc21. The molecule has 0 amide bonds. The molecule has 1 atom stereocenters. The van der Waals surface area contributed by atoms with Gasteiger partial charge in [-0.05, 0) is 48.2 Å². The number of anilines is 1. The van der Waals surface area contributed by atoms with Crippen LogP contribution in [0.1, 0.15) is 22.6 Å². The van der Waals surface area contributed by atoms with Gasteiger partial charge in [0.25, 0.3) is 0 Å². The summed E-state index contributed by atoms with van der Waals surface area (Å²) in [5, 5.41) is 0. The van der Waals surface area contributed by atoms with Gasteiger partial charge in [-0.15, -0.1) is 0 Å². The predicted octanol–water partition coefficient (Wildman–Crippen LogP) is 3.30. The lowest BCUT2D eigenvalue weighted by molar-refractivity contribution is 0.273. The van der Waals surface area contributed by atoms with Gasteiger partial charge in [-0.3, -0.25) is 0 Å². The molecule has 0 heterocycles. The second-order valence-electron chi connectivity index (χ2n) is 4.94. The average Bonchev–Trinajstić information content (AvgIpc) is 2.33. The van der Waals surface area contributed by atoms with E-state index in [1.165, 1.54) is 11.1 Å². The molecule has 0 saturated heterocycles. The van der Waals surface area contributed by atoms with Crippen LogP contribution < -0.4 is 10.5 Å². The van der Waals surface area contributed by atoms with E-state index in [1.54, 1.807) is 0 Å². The van der Waals surface area contributed by atoms with Crippen LogP contribution in [0.5, 0.6) is 5.75 Å². The van der Waals surface area contributed by atoms with Crippen molar-refractivity contribution in [2.75, 3.05) is 12.3 Å². The highest BCUT2D eigenvalue weighted by atomic mass is 16.5. The number of rotatable bonds is 3. The number of ether oxygens (including phenoxy) is 1. The number of nitrogen functional groups attached to an aromatic ring is 1. The first-order valence-electron chi connectivity index (χ1n) is 6.31. The Labute approximate surface area is 107 Å². The zero-order valence-electron chi connectivity index (χ0n) is 10.5. The number of aryl methyl sites for hydroxylation is 1. The lowest BCUT2D eigenvalue weighted by Gasteiger charge is -2.30. The molecule has 0 bridgehead atoms. The first kappa shape index (κ1) is 11.1. The van der Waals surface area contributed by atoms with Crippen molar-refractivity contribution >= 4 is 5.69 Å². The van der Waals surface area contributed by atoms with E-state index in [4.69, 9.17) is 10.5 Å². The number of fused-ring (bicyclic) bond motifs is 1. The zero-order chi connectivity index (χ0) is 12.5. The summed E-state index contributed by atoms with van der Waals surface area (Å²) in [7, 11) is 0. The normalized spacial score (nSPS) is 16.8. The van der Waals surface area contributed by atoms with E-state index in [-0.39, 0.29) is 0 Å². The number of hydrogen-bond acceptors (Lipinski definition) is 2. The Kier molecular flexibility index (Phi) is 2.71. The molecule has 2 aromatic carbocycles. The molecule has 18 heavy (non-hydrogen) atoms. The van der Waals surface area contributed by atoms with Crippen LogP contribution in [0.25, 0.3) is 0 Å². The van der Waals surface area contributed by atoms with Crippen LogP contribution in [0.2, 0.25) is 0 Å². The third-order valence-corrected chi connectivity index (χ3v) is 3.60. The van der Waals surface area contributed by atoms with Gasteiger partial charge in [-0.2, -0.15) is 0 Å². The topological polar surface area (TPSA) is 35.2 Å². The van der Waals surface area contributed by atoms with Gasteiger partial charge in [0.15, 0.2) is 0 Å². The molecule has 1 aliphatic carbocycles. The van der Waals surface area contributed by atoms with Crippen molar-refractivity contribution in [1.82, 2.24) is 0 Å². The fourth-order valence-electron chi connectivity index (χ4n) is 2.54. The highest BCUT2D eigenvalue weighted by Crippen LogP contribution is 2.35. The van der Waals surface area contributed by atoms with Crippen LogP contribution >= 0.6 is 0 Å². The maximum Gasteiger partial charge on any atom is 0.122 e. The highest BCUT2D eigenvalue weighted by Gasteiger charge is 2.25. The Morgan fingerprint density at radius 1 is 1.22 bits per heavy atom. The maximum absolute atomic E-state index is 5.90. The Morgan fingerprint density at radius 3 is 2.83 bits per heavy atom. The Morgan fingerprint density at radius 2 is 2.06 bits per heavy atom. The fourth-order valence-corrected chi connectivity index (χ4v) is 2.54. The van der Waals surface area contributed by atoms with Gasteiger partial charge in [-0.1, -0.05) is 24.3 Å². The van der Waals surface area contributed by atoms with Crippen molar-refractivity contribution < 1.29 is 4.74 Å². The molecule has 0 spiro atoms. The Balaban J connectivity index is 1.66. The lowest BCUT2D eigenvalue weighted by atomic mass is 9.78. The van der Waals surface area contributed by atoms with Gasteiger partial charge in [0, 0.05) is 11.6 Å². The van der Waals surface area contributed by atoms with Gasteiger partial charge in [0.1, 0.15) is 5.75 Å². The summed E-state index contributed by atoms with van der Waals surface area (Å²) in [5.74, 6) is 1.48. The first-order valence-corrected chi connectivity index (χ1v) is 6.31. The third kappa shape index (κ3) is 1.94. The van der Waals surface area contributed by atoms with Gasteiger partial charge in [0.05, 0.1) is 6.61 Å². The standard InChI is InChI=1S/C16H17NO/c1-11-8-14(17)6-7-16(11)18-10-13-9-12-4-2-3-5-15(12)13/h2-8,13H,9-10,17H2,1H3. The molecular weight excluding hydrogens is 222 g/mol. The van der Waals surface area contributed by atoms with Crippen molar-refractivity contribution in [3.63, 3.8) is 0 Å². The van der Waals surface area contributed by atoms with Crippen LogP contribution in [0.15, 0.2) is 42.5 Å². The monoisotopic (exact) mass is 239 g/mol. The highest BCUT2D eigenvalue weighted by molar-refractivity contribution is 5.47. The Hall–Kier alpha value is -1.96. The van der Waals surface area contributed by atoms with E-state index in [0.717, 1.165) is 30.0 Å². The molecule has 0 saturated carbocycles. The summed E-state index contributed by atoms with van der Waals surface area (Å²) in [6.45, 7) is 2.78. The molecule has 0 aliphatic heterocycles. The van der Waals surface area contributed by atoms with Crippen LogP contribution in [0.4, 0.5) is 5.69 Å². The molecular formula is C16H17NO. The largest absolute Gasteiger partial charge is 0.493 e. The molecule has 2 heteroatoms. The van der Waals surface area contributed by atoms with Crippen molar-refractivity contribution in [3.05, 3.63) is 59.2 Å². The van der Waals surface area contributed by atoms with Crippen molar-refractivity contribution in [3.8, 4) is 5.75 Å². The summed E-state index contributed by atoms with van der Waals surface area (Å²) < 4.78 is 5.90. The molecule has 1 unspecified atom stereocenters. The summed E-state index contributed by atoms with van der Waals surface area (Å²) in [6.07, 6.45) is 1.13. The quantitative estimate of drug-likeness (QED) is 0.834. The molecule has 1 aliphatic rings. The zero-order valence-corrected chi connectivity index (χ0v) is 10.5. The van der Waals surface area contributed by atoms with Gasteiger partial charge in [0.2, 0.25) is 0 Å². The minimum atomic E-state index is 0.540. The number of benzene rings is 2. The van der Waals surface area contributed by atoms with Crippen LogP contribution in [0.3, 0.4) is 0 Å². The molecule has 2 N–H and O–H groups in total. The van der Waals surface area contributed by atoms with E-state index in [0.29, 0.717) is 5.92 Å². The summed E-state index contributed by atoms with van der Waals surface area (Å²) >= 11 is 0. The molecule has 0 radical (unpaired) electrons. The molecule has 3 rings (SSSR count). The number of hydrogen-bond donors (Lipinski definition) is 1. The van der Waals surface area contributed by atoms with E-state index >= 15 is 0 Å². The molecule has 0 fully saturated rings. The van der Waals surface area contributed by atoms with E-state index in [1.807, 2.05) is 25.1 Å². The molecule has 2 nitrogen and oxygen atoms in total. The van der Waals surface area contributed by atoms with E-state index < -0.39 is 0 Å². The van der Waals surface area contributed by atoms with Crippen molar-refractivity contribution in [2.24, 2.45) is 0 Å². The summed E-state index contributed by atoms with van der Waals surface area (Å²) in [4.78, 5) is 0. The number of nitrogens with two attached hydrogens (primary N) is 1. The average molecular weight is 239 g/mol. The second kappa shape index (κ2) is 4.37. The first-order chi connectivity index (χ1) is 8.74. The van der Waals surface area contributed by atoms with Crippen LogP contribution in [0, 0.1) is 6.92 Å². The maximum atomic E-state index is 5.90. The van der Waals surface area contributed by atoms with Crippen LogP contribution in [-0.4, -0.2) is 6.61 Å². The fraction of sp³-hybridized carbons (Fsp3) is 0.250. The molecule has 0 aromatic heterocycles. The van der Waals surface area contributed by atoms with Gasteiger partial charge in [-0.25, -0.2) is 0 Å². The van der Waals surface area contributed by atoms with Crippen LogP contribution in [-0.2, 0) is 6.42 Å². The predicted molar refractivity (Wildman–Crippen MR) is 74.0 cm³/mol. The molecule has 92 valence electrons. The van der Waals surface area contributed by atoms with E-state index in [9.17, 15) is 0 Å².